The Labute approximate surface area is 136 Å². The minimum Gasteiger partial charge on any atom is -0.497 e. The van der Waals surface area contributed by atoms with Gasteiger partial charge in [0.15, 0.2) is 0 Å². The van der Waals surface area contributed by atoms with Crippen LogP contribution in [0.1, 0.15) is 0 Å². The lowest BCUT2D eigenvalue weighted by Crippen LogP contribution is -2.34. The van der Waals surface area contributed by atoms with E-state index in [0.29, 0.717) is 12.4 Å². The summed E-state index contributed by atoms with van der Waals surface area (Å²) >= 11 is 0. The van der Waals surface area contributed by atoms with Gasteiger partial charge in [-0.1, -0.05) is 12.1 Å². The summed E-state index contributed by atoms with van der Waals surface area (Å²) in [6, 6.07) is 9.23. The number of benzene rings is 1. The van der Waals surface area contributed by atoms with E-state index in [0.717, 1.165) is 23.6 Å². The molecule has 0 aliphatic carbocycles. The standard InChI is InChI=1S/C16H23N5O2/c1-20(2)9-8-17-16(22)18-15-11-14(19-21(15)3)12-6-5-7-13(10-12)23-4/h5-7,10-11H,8-9H2,1-4H3,(H2,17,18,22). The number of rotatable bonds is 6. The van der Waals surface area contributed by atoms with E-state index >= 15 is 0 Å². The average Bonchev–Trinajstić information content (AvgIpc) is 2.88. The minimum absolute atomic E-state index is 0.243. The predicted octanol–water partition coefficient (Wildman–Crippen LogP) is 1.78. The van der Waals surface area contributed by atoms with E-state index in [-0.39, 0.29) is 6.03 Å². The molecular weight excluding hydrogens is 294 g/mol. The first-order chi connectivity index (χ1) is 11.0. The maximum Gasteiger partial charge on any atom is 0.320 e. The van der Waals surface area contributed by atoms with Crippen LogP contribution in [0.25, 0.3) is 11.3 Å². The fourth-order valence-corrected chi connectivity index (χ4v) is 2.06. The first-order valence-corrected chi connectivity index (χ1v) is 7.37. The van der Waals surface area contributed by atoms with Crippen LogP contribution >= 0.6 is 0 Å². The Kier molecular flexibility index (Phi) is 5.59. The van der Waals surface area contributed by atoms with Crippen LogP contribution in [-0.2, 0) is 7.05 Å². The van der Waals surface area contributed by atoms with Gasteiger partial charge in [-0.05, 0) is 26.2 Å². The lowest BCUT2D eigenvalue weighted by atomic mass is 10.1. The molecule has 2 N–H and O–H groups in total. The number of hydrogen-bond acceptors (Lipinski definition) is 4. The van der Waals surface area contributed by atoms with Gasteiger partial charge in [0.2, 0.25) is 0 Å². The molecule has 7 nitrogen and oxygen atoms in total. The molecule has 2 rings (SSSR count). The first kappa shape index (κ1) is 16.8. The second-order valence-electron chi connectivity index (χ2n) is 5.45. The van der Waals surface area contributed by atoms with Crippen molar-refractivity contribution in [3.8, 4) is 17.0 Å². The quantitative estimate of drug-likeness (QED) is 0.852. The van der Waals surface area contributed by atoms with Gasteiger partial charge in [0.25, 0.3) is 0 Å². The molecule has 0 fully saturated rings. The van der Waals surface area contributed by atoms with Crippen molar-refractivity contribution in [3.05, 3.63) is 30.3 Å². The van der Waals surface area contributed by atoms with Crippen molar-refractivity contribution in [2.45, 2.75) is 0 Å². The molecule has 0 unspecified atom stereocenters. The zero-order valence-electron chi connectivity index (χ0n) is 14.0. The third kappa shape index (κ3) is 4.72. The number of urea groups is 1. The van der Waals surface area contributed by atoms with Crippen LogP contribution in [0.15, 0.2) is 30.3 Å². The molecule has 0 bridgehead atoms. The molecule has 1 heterocycles. The maximum atomic E-state index is 11.9. The monoisotopic (exact) mass is 317 g/mol. The molecule has 0 atom stereocenters. The Bertz CT molecular complexity index is 666. The van der Waals surface area contributed by atoms with Gasteiger partial charge < -0.3 is 15.0 Å². The Morgan fingerprint density at radius 1 is 1.35 bits per heavy atom. The van der Waals surface area contributed by atoms with E-state index in [1.165, 1.54) is 0 Å². The lowest BCUT2D eigenvalue weighted by molar-refractivity contribution is 0.250. The zero-order chi connectivity index (χ0) is 16.8. The van der Waals surface area contributed by atoms with Crippen molar-refractivity contribution in [3.63, 3.8) is 0 Å². The van der Waals surface area contributed by atoms with Crippen molar-refractivity contribution in [1.29, 1.82) is 0 Å². The molecule has 0 aliphatic heterocycles. The number of hydrogen-bond donors (Lipinski definition) is 2. The summed E-state index contributed by atoms with van der Waals surface area (Å²) in [7, 11) is 7.34. The smallest absolute Gasteiger partial charge is 0.320 e. The second-order valence-corrected chi connectivity index (χ2v) is 5.45. The van der Waals surface area contributed by atoms with Gasteiger partial charge in [-0.3, -0.25) is 10.00 Å². The Hall–Kier alpha value is -2.54. The molecule has 23 heavy (non-hydrogen) atoms. The summed E-state index contributed by atoms with van der Waals surface area (Å²) in [5.41, 5.74) is 1.70. The van der Waals surface area contributed by atoms with Gasteiger partial charge in [0.05, 0.1) is 12.8 Å². The van der Waals surface area contributed by atoms with Gasteiger partial charge in [-0.25, -0.2) is 4.79 Å². The van der Waals surface area contributed by atoms with E-state index in [4.69, 9.17) is 4.74 Å². The molecule has 2 aromatic rings. The number of nitrogens with zero attached hydrogens (tertiary/aromatic N) is 3. The highest BCUT2D eigenvalue weighted by molar-refractivity contribution is 5.89. The summed E-state index contributed by atoms with van der Waals surface area (Å²) < 4.78 is 6.86. The molecular formula is C16H23N5O2. The molecule has 0 saturated carbocycles. The SMILES string of the molecule is COc1cccc(-c2cc(NC(=O)NCCN(C)C)n(C)n2)c1. The maximum absolute atomic E-state index is 11.9. The van der Waals surface area contributed by atoms with Crippen molar-refractivity contribution in [2.24, 2.45) is 7.05 Å². The Balaban J connectivity index is 2.04. The molecule has 124 valence electrons. The number of carbonyl (C=O) groups is 1. The summed E-state index contributed by atoms with van der Waals surface area (Å²) in [6.45, 7) is 1.37. The normalized spacial score (nSPS) is 10.7. The predicted molar refractivity (Wildman–Crippen MR) is 90.8 cm³/mol. The fraction of sp³-hybridized carbons (Fsp3) is 0.375. The summed E-state index contributed by atoms with van der Waals surface area (Å²) in [5, 5.41) is 10.0. The highest BCUT2D eigenvalue weighted by Crippen LogP contribution is 2.24. The third-order valence-corrected chi connectivity index (χ3v) is 3.33. The van der Waals surface area contributed by atoms with Crippen molar-refractivity contribution in [2.75, 3.05) is 39.6 Å². The minimum atomic E-state index is -0.243. The molecule has 2 amide bonds. The van der Waals surface area contributed by atoms with Crippen LogP contribution in [-0.4, -0.2) is 55.0 Å². The van der Waals surface area contributed by atoms with E-state index in [1.54, 1.807) is 18.8 Å². The van der Waals surface area contributed by atoms with Crippen LogP contribution in [0.2, 0.25) is 0 Å². The molecule has 0 spiro atoms. The molecule has 0 radical (unpaired) electrons. The van der Waals surface area contributed by atoms with Crippen molar-refractivity contribution >= 4 is 11.8 Å². The topological polar surface area (TPSA) is 71.4 Å². The largest absolute Gasteiger partial charge is 0.497 e. The van der Waals surface area contributed by atoms with Crippen LogP contribution < -0.4 is 15.4 Å². The van der Waals surface area contributed by atoms with Crippen LogP contribution in [0.4, 0.5) is 10.6 Å². The van der Waals surface area contributed by atoms with E-state index < -0.39 is 0 Å². The number of aromatic nitrogens is 2. The number of carbonyl (C=O) groups excluding carboxylic acids is 1. The van der Waals surface area contributed by atoms with E-state index in [1.807, 2.05) is 49.3 Å². The molecule has 1 aromatic carbocycles. The molecule has 7 heteroatoms. The molecule has 1 aromatic heterocycles. The van der Waals surface area contributed by atoms with Crippen LogP contribution in [0, 0.1) is 0 Å². The van der Waals surface area contributed by atoms with E-state index in [9.17, 15) is 4.79 Å². The lowest BCUT2D eigenvalue weighted by Gasteiger charge is -2.11. The number of likely N-dealkylation sites (N-methyl/N-ethyl adjacent to an activating group) is 1. The number of aryl methyl sites for hydroxylation is 1. The summed E-state index contributed by atoms with van der Waals surface area (Å²) in [6.07, 6.45) is 0. The highest BCUT2D eigenvalue weighted by atomic mass is 16.5. The van der Waals surface area contributed by atoms with Gasteiger partial charge in [-0.15, -0.1) is 0 Å². The summed E-state index contributed by atoms with van der Waals surface area (Å²) in [4.78, 5) is 13.9. The van der Waals surface area contributed by atoms with Crippen LogP contribution in [0.5, 0.6) is 5.75 Å². The second kappa shape index (κ2) is 7.64. The van der Waals surface area contributed by atoms with Gasteiger partial charge in [0.1, 0.15) is 11.6 Å². The van der Waals surface area contributed by atoms with E-state index in [2.05, 4.69) is 15.7 Å². The van der Waals surface area contributed by atoms with Crippen molar-refractivity contribution < 1.29 is 9.53 Å². The summed E-state index contributed by atoms with van der Waals surface area (Å²) in [5.74, 6) is 1.40. The van der Waals surface area contributed by atoms with Crippen LogP contribution in [0.3, 0.4) is 0 Å². The van der Waals surface area contributed by atoms with Gasteiger partial charge in [0, 0.05) is 31.8 Å². The van der Waals surface area contributed by atoms with Gasteiger partial charge in [-0.2, -0.15) is 5.10 Å². The average molecular weight is 317 g/mol. The number of anilines is 1. The molecule has 0 saturated heterocycles. The Morgan fingerprint density at radius 2 is 2.13 bits per heavy atom. The fourth-order valence-electron chi connectivity index (χ4n) is 2.06. The molecule has 0 aliphatic rings. The third-order valence-electron chi connectivity index (χ3n) is 3.33. The first-order valence-electron chi connectivity index (χ1n) is 7.37. The number of amides is 2. The van der Waals surface area contributed by atoms with Gasteiger partial charge >= 0.3 is 6.03 Å². The highest BCUT2D eigenvalue weighted by Gasteiger charge is 2.10. The Morgan fingerprint density at radius 3 is 2.83 bits per heavy atom. The number of ether oxygens (including phenoxy) is 1. The zero-order valence-corrected chi connectivity index (χ0v) is 14.0. The van der Waals surface area contributed by atoms with Crippen molar-refractivity contribution in [1.82, 2.24) is 20.0 Å². The number of nitrogens with one attached hydrogen (secondary N) is 2. The number of methoxy groups -OCH3 is 1.